The van der Waals surface area contributed by atoms with Crippen molar-refractivity contribution in [3.05, 3.63) is 50.6 Å². The van der Waals surface area contributed by atoms with Crippen LogP contribution in [0.1, 0.15) is 10.4 Å². The maximum atomic E-state index is 12.1. The molecule has 1 heterocycles. The average molecular weight is 361 g/mol. The molecule has 0 spiro atoms. The van der Waals surface area contributed by atoms with E-state index in [4.69, 9.17) is 5.73 Å². The van der Waals surface area contributed by atoms with Crippen molar-refractivity contribution < 1.29 is 8.42 Å². The van der Waals surface area contributed by atoms with Gasteiger partial charge in [0, 0.05) is 27.8 Å². The molecule has 0 atom stereocenters. The zero-order chi connectivity index (χ0) is 13.9. The van der Waals surface area contributed by atoms with Crippen molar-refractivity contribution in [2.75, 3.05) is 0 Å². The van der Waals surface area contributed by atoms with Gasteiger partial charge < -0.3 is 5.73 Å². The molecular weight excluding hydrogens is 348 g/mol. The van der Waals surface area contributed by atoms with Gasteiger partial charge in [-0.25, -0.2) is 13.1 Å². The van der Waals surface area contributed by atoms with Crippen LogP contribution in [-0.4, -0.2) is 8.42 Å². The summed E-state index contributed by atoms with van der Waals surface area (Å²) in [6, 6.07) is 9.11. The number of rotatable bonds is 5. The maximum Gasteiger partial charge on any atom is 0.241 e. The molecule has 1 aromatic carbocycles. The normalized spacial score (nSPS) is 11.7. The Morgan fingerprint density at radius 1 is 1.32 bits per heavy atom. The highest BCUT2D eigenvalue weighted by atomic mass is 79.9. The van der Waals surface area contributed by atoms with Crippen LogP contribution in [0, 0.1) is 0 Å². The van der Waals surface area contributed by atoms with Crippen molar-refractivity contribution in [3.8, 4) is 0 Å². The number of sulfonamides is 1. The quantitative estimate of drug-likeness (QED) is 0.859. The molecule has 0 aliphatic heterocycles. The highest BCUT2D eigenvalue weighted by Gasteiger charge is 2.15. The van der Waals surface area contributed by atoms with Gasteiger partial charge in [-0.15, -0.1) is 11.3 Å². The van der Waals surface area contributed by atoms with Gasteiger partial charge in [-0.1, -0.05) is 28.1 Å². The Hall–Kier alpha value is -0.730. The summed E-state index contributed by atoms with van der Waals surface area (Å²) in [5.41, 5.74) is 6.37. The van der Waals surface area contributed by atoms with Crippen LogP contribution in [0.5, 0.6) is 0 Å². The van der Waals surface area contributed by atoms with Gasteiger partial charge in [0.25, 0.3) is 0 Å². The van der Waals surface area contributed by atoms with E-state index in [0.717, 1.165) is 14.9 Å². The molecule has 102 valence electrons. The number of hydrogen-bond donors (Lipinski definition) is 2. The Morgan fingerprint density at radius 2 is 2.11 bits per heavy atom. The molecule has 3 N–H and O–H groups in total. The molecule has 0 radical (unpaired) electrons. The van der Waals surface area contributed by atoms with Crippen LogP contribution in [0.15, 0.2) is 45.1 Å². The first kappa shape index (κ1) is 14.7. The fourth-order valence-electron chi connectivity index (χ4n) is 1.52. The molecule has 0 fully saturated rings. The van der Waals surface area contributed by atoms with Gasteiger partial charge in [-0.3, -0.25) is 0 Å². The highest BCUT2D eigenvalue weighted by Crippen LogP contribution is 2.19. The van der Waals surface area contributed by atoms with Crippen molar-refractivity contribution in [2.24, 2.45) is 5.73 Å². The van der Waals surface area contributed by atoms with Crippen LogP contribution >= 0.6 is 27.3 Å². The fourth-order valence-corrected chi connectivity index (χ4v) is 4.14. The van der Waals surface area contributed by atoms with Crippen LogP contribution < -0.4 is 10.5 Å². The summed E-state index contributed by atoms with van der Waals surface area (Å²) in [7, 11) is -3.47. The Balaban J connectivity index is 2.09. The molecular formula is C12H13BrN2O2S2. The second-order valence-corrected chi connectivity index (χ2v) is 7.59. The largest absolute Gasteiger partial charge is 0.326 e. The highest BCUT2D eigenvalue weighted by molar-refractivity contribution is 9.10. The van der Waals surface area contributed by atoms with Gasteiger partial charge in [0.1, 0.15) is 0 Å². The van der Waals surface area contributed by atoms with Crippen molar-refractivity contribution in [3.63, 3.8) is 0 Å². The molecule has 0 saturated heterocycles. The molecule has 0 unspecified atom stereocenters. The number of halogens is 1. The Morgan fingerprint density at radius 3 is 2.74 bits per heavy atom. The lowest BCUT2D eigenvalue weighted by molar-refractivity contribution is 0.581. The van der Waals surface area contributed by atoms with Crippen LogP contribution in [0.2, 0.25) is 0 Å². The van der Waals surface area contributed by atoms with Crippen molar-refractivity contribution >= 4 is 37.3 Å². The summed E-state index contributed by atoms with van der Waals surface area (Å²) < 4.78 is 27.6. The molecule has 7 heteroatoms. The third kappa shape index (κ3) is 3.87. The van der Waals surface area contributed by atoms with Crippen molar-refractivity contribution in [1.82, 2.24) is 4.72 Å². The summed E-state index contributed by atoms with van der Waals surface area (Å²) in [5, 5.41) is 1.60. The van der Waals surface area contributed by atoms with Crippen molar-refractivity contribution in [1.29, 1.82) is 0 Å². The average Bonchev–Trinajstić information content (AvgIpc) is 2.86. The van der Waals surface area contributed by atoms with Gasteiger partial charge in [0.15, 0.2) is 0 Å². The van der Waals surface area contributed by atoms with E-state index in [1.165, 1.54) is 11.3 Å². The van der Waals surface area contributed by atoms with Crippen LogP contribution in [-0.2, 0) is 23.1 Å². The zero-order valence-electron chi connectivity index (χ0n) is 9.97. The standard InChI is InChI=1S/C12H13BrN2O2S2/c13-10-3-1-2-9(4-10)7-15-19(16,17)12-5-11(6-14)18-8-12/h1-5,8,15H,6-7,14H2. The van der Waals surface area contributed by atoms with Crippen LogP contribution in [0.3, 0.4) is 0 Å². The lowest BCUT2D eigenvalue weighted by Gasteiger charge is -2.05. The van der Waals surface area contributed by atoms with Crippen LogP contribution in [0.25, 0.3) is 0 Å². The molecule has 2 rings (SSSR count). The van der Waals surface area contributed by atoms with E-state index >= 15 is 0 Å². The van der Waals surface area contributed by atoms with E-state index in [2.05, 4.69) is 20.7 Å². The molecule has 1 aromatic heterocycles. The molecule has 2 aromatic rings. The number of benzene rings is 1. The molecule has 0 aliphatic rings. The Kier molecular flexibility index (Phi) is 4.75. The molecule has 4 nitrogen and oxygen atoms in total. The smallest absolute Gasteiger partial charge is 0.241 e. The monoisotopic (exact) mass is 360 g/mol. The first-order valence-electron chi connectivity index (χ1n) is 5.53. The van der Waals surface area contributed by atoms with Gasteiger partial charge in [0.2, 0.25) is 10.0 Å². The van der Waals surface area contributed by atoms with Gasteiger partial charge in [0.05, 0.1) is 4.90 Å². The third-order valence-corrected chi connectivity index (χ3v) is 5.48. The minimum absolute atomic E-state index is 0.260. The second kappa shape index (κ2) is 6.15. The summed E-state index contributed by atoms with van der Waals surface area (Å²) in [6.07, 6.45) is 0. The first-order chi connectivity index (χ1) is 9.01. The molecule has 0 bridgehead atoms. The molecule has 0 aliphatic carbocycles. The molecule has 0 amide bonds. The summed E-state index contributed by atoms with van der Waals surface area (Å²) in [6.45, 7) is 0.612. The molecule has 0 saturated carbocycles. The maximum absolute atomic E-state index is 12.1. The van der Waals surface area contributed by atoms with E-state index in [9.17, 15) is 8.42 Å². The Bertz CT molecular complexity index is 668. The van der Waals surface area contributed by atoms with Crippen molar-refractivity contribution in [2.45, 2.75) is 18.0 Å². The second-order valence-electron chi connectivity index (χ2n) is 3.91. The number of nitrogens with one attached hydrogen (secondary N) is 1. The predicted octanol–water partition coefficient (Wildman–Crippen LogP) is 2.45. The lowest BCUT2D eigenvalue weighted by Crippen LogP contribution is -2.22. The molecule has 19 heavy (non-hydrogen) atoms. The minimum atomic E-state index is -3.47. The van der Waals surface area contributed by atoms with E-state index in [1.54, 1.807) is 11.4 Å². The SMILES string of the molecule is NCc1cc(S(=O)(=O)NCc2cccc(Br)c2)cs1. The predicted molar refractivity (Wildman–Crippen MR) is 80.4 cm³/mol. The summed E-state index contributed by atoms with van der Waals surface area (Å²) >= 11 is 4.70. The third-order valence-electron chi connectivity index (χ3n) is 2.50. The number of thiophene rings is 1. The zero-order valence-corrected chi connectivity index (χ0v) is 13.2. The fraction of sp³-hybridized carbons (Fsp3) is 0.167. The van der Waals surface area contributed by atoms with E-state index in [0.29, 0.717) is 6.54 Å². The first-order valence-corrected chi connectivity index (χ1v) is 8.68. The number of nitrogens with two attached hydrogens (primary N) is 1. The van der Waals surface area contributed by atoms with E-state index in [-0.39, 0.29) is 11.4 Å². The van der Waals surface area contributed by atoms with Gasteiger partial charge >= 0.3 is 0 Å². The van der Waals surface area contributed by atoms with E-state index in [1.807, 2.05) is 24.3 Å². The summed E-state index contributed by atoms with van der Waals surface area (Å²) in [5.74, 6) is 0. The minimum Gasteiger partial charge on any atom is -0.326 e. The van der Waals surface area contributed by atoms with Gasteiger partial charge in [-0.2, -0.15) is 0 Å². The van der Waals surface area contributed by atoms with Crippen LogP contribution in [0.4, 0.5) is 0 Å². The van der Waals surface area contributed by atoms with E-state index < -0.39 is 10.0 Å². The van der Waals surface area contributed by atoms with Gasteiger partial charge in [-0.05, 0) is 23.8 Å². The number of hydrogen-bond acceptors (Lipinski definition) is 4. The topological polar surface area (TPSA) is 72.2 Å². The summed E-state index contributed by atoms with van der Waals surface area (Å²) in [4.78, 5) is 1.12. The lowest BCUT2D eigenvalue weighted by atomic mass is 10.2. The Labute approximate surface area is 124 Å².